The number of rotatable bonds is 10. The lowest BCUT2D eigenvalue weighted by atomic mass is 10.0. The molecule has 1 heterocycles. The number of carbonyl (C=O) groups excluding carboxylic acids is 4. The van der Waals surface area contributed by atoms with Crippen LogP contribution in [-0.2, 0) is 20.7 Å². The quantitative estimate of drug-likeness (QED) is 0.128. The highest BCUT2D eigenvalue weighted by atomic mass is 32.1. The van der Waals surface area contributed by atoms with Crippen LogP contribution in [0.5, 0.6) is 0 Å². The minimum atomic E-state index is -0.620. The summed E-state index contributed by atoms with van der Waals surface area (Å²) in [5.41, 5.74) is 6.13. The van der Waals surface area contributed by atoms with Gasteiger partial charge in [0.05, 0.1) is 6.42 Å². The van der Waals surface area contributed by atoms with Crippen LogP contribution >= 0.6 is 11.3 Å². The number of hydrogen-bond acceptors (Lipinski definition) is 6. The summed E-state index contributed by atoms with van der Waals surface area (Å²) >= 11 is 1.54. The van der Waals surface area contributed by atoms with Crippen LogP contribution in [0.4, 0.5) is 5.69 Å². The first kappa shape index (κ1) is 26.0. The van der Waals surface area contributed by atoms with Gasteiger partial charge in [0.15, 0.2) is 18.2 Å². The van der Waals surface area contributed by atoms with Crippen molar-refractivity contribution in [3.05, 3.63) is 117 Å². The minimum absolute atomic E-state index is 0.0889. The summed E-state index contributed by atoms with van der Waals surface area (Å²) in [6.07, 6.45) is 3.81. The van der Waals surface area contributed by atoms with Crippen molar-refractivity contribution in [2.75, 3.05) is 11.9 Å². The van der Waals surface area contributed by atoms with Crippen molar-refractivity contribution in [2.24, 2.45) is 0 Å². The molecule has 1 aromatic heterocycles. The van der Waals surface area contributed by atoms with E-state index in [0.29, 0.717) is 16.8 Å². The Labute approximate surface area is 230 Å². The van der Waals surface area contributed by atoms with E-state index < -0.39 is 5.97 Å². The maximum absolute atomic E-state index is 12.6. The summed E-state index contributed by atoms with van der Waals surface area (Å²) < 4.78 is 5.12. The average Bonchev–Trinajstić information content (AvgIpc) is 3.61. The first-order valence-electron chi connectivity index (χ1n) is 12.5. The number of carbonyl (C=O) groups is 4. The zero-order valence-corrected chi connectivity index (χ0v) is 21.8. The molecule has 0 aliphatic heterocycles. The van der Waals surface area contributed by atoms with E-state index in [1.54, 1.807) is 47.7 Å². The molecule has 0 bridgehead atoms. The molecule has 194 valence electrons. The number of Topliss-reactive ketones (excluding diaryl/α,β-unsaturated/α-hetero) is 1. The van der Waals surface area contributed by atoms with Crippen LogP contribution < -0.4 is 5.32 Å². The van der Waals surface area contributed by atoms with Gasteiger partial charge in [0.2, 0.25) is 5.91 Å². The lowest BCUT2D eigenvalue weighted by molar-refractivity contribution is -0.143. The second-order valence-corrected chi connectivity index (χ2v) is 10.1. The number of ether oxygens (including phenoxy) is 1. The SMILES string of the molecule is O=C(CCC(=O)OCC(=O)c1ccc2c(c1)Cc1ccccc1-2)Nc1ccc(C(=O)C=Cc2cccs2)cc1. The number of fused-ring (bicyclic) bond motifs is 3. The van der Waals surface area contributed by atoms with Gasteiger partial charge in [-0.3, -0.25) is 19.2 Å². The molecule has 0 radical (unpaired) electrons. The number of ketones is 2. The molecule has 0 spiro atoms. The van der Waals surface area contributed by atoms with Gasteiger partial charge in [0.25, 0.3) is 0 Å². The molecular formula is C32H25NO5S. The van der Waals surface area contributed by atoms with E-state index >= 15 is 0 Å². The lowest BCUT2D eigenvalue weighted by Gasteiger charge is -2.07. The standard InChI is InChI=1S/C32H25NO5S/c34-29(14-12-26-5-3-17-39-26)21-7-10-25(11-8-21)33-31(36)15-16-32(37)38-20-30(35)23-9-13-28-24(19-23)18-22-4-1-2-6-27(22)28/h1-14,17,19H,15-16,18,20H2,(H,33,36). The number of allylic oxidation sites excluding steroid dienone is 1. The monoisotopic (exact) mass is 535 g/mol. The number of nitrogens with one attached hydrogen (secondary N) is 1. The maximum atomic E-state index is 12.6. The normalized spacial score (nSPS) is 11.6. The molecule has 0 saturated carbocycles. The first-order valence-corrected chi connectivity index (χ1v) is 13.4. The van der Waals surface area contributed by atoms with Gasteiger partial charge < -0.3 is 10.1 Å². The molecule has 1 amide bonds. The third-order valence-corrected chi connectivity index (χ3v) is 7.27. The van der Waals surface area contributed by atoms with Gasteiger partial charge >= 0.3 is 5.97 Å². The molecule has 3 aromatic carbocycles. The number of benzene rings is 3. The van der Waals surface area contributed by atoms with Gasteiger partial charge in [0.1, 0.15) is 0 Å². The number of esters is 1. The van der Waals surface area contributed by atoms with Gasteiger partial charge in [-0.05, 0) is 82.6 Å². The van der Waals surface area contributed by atoms with Crippen LogP contribution in [0.1, 0.15) is 49.6 Å². The van der Waals surface area contributed by atoms with E-state index in [-0.39, 0.29) is 36.9 Å². The molecule has 0 saturated heterocycles. The Hall–Kier alpha value is -4.62. The number of anilines is 1. The van der Waals surface area contributed by atoms with Gasteiger partial charge in [-0.1, -0.05) is 42.5 Å². The van der Waals surface area contributed by atoms with E-state index in [1.807, 2.05) is 41.8 Å². The predicted octanol–water partition coefficient (Wildman–Crippen LogP) is 6.36. The summed E-state index contributed by atoms with van der Waals surface area (Å²) in [7, 11) is 0. The molecule has 7 heteroatoms. The number of amides is 1. The Morgan fingerprint density at radius 3 is 2.38 bits per heavy atom. The smallest absolute Gasteiger partial charge is 0.306 e. The summed E-state index contributed by atoms with van der Waals surface area (Å²) in [6, 6.07) is 24.1. The van der Waals surface area contributed by atoms with Crippen molar-refractivity contribution in [3.8, 4) is 11.1 Å². The van der Waals surface area contributed by atoms with Gasteiger partial charge in [-0.15, -0.1) is 11.3 Å². The van der Waals surface area contributed by atoms with Crippen molar-refractivity contribution >= 4 is 46.5 Å². The lowest BCUT2D eigenvalue weighted by Crippen LogP contribution is -2.17. The topological polar surface area (TPSA) is 89.5 Å². The number of hydrogen-bond donors (Lipinski definition) is 1. The largest absolute Gasteiger partial charge is 0.457 e. The van der Waals surface area contributed by atoms with Gasteiger partial charge in [-0.2, -0.15) is 0 Å². The second-order valence-electron chi connectivity index (χ2n) is 9.13. The summed E-state index contributed by atoms with van der Waals surface area (Å²) in [5, 5.41) is 4.64. The van der Waals surface area contributed by atoms with Crippen LogP contribution in [0, 0.1) is 0 Å². The molecule has 0 atom stereocenters. The first-order chi connectivity index (χ1) is 19.0. The summed E-state index contributed by atoms with van der Waals surface area (Å²) in [6.45, 7) is -0.372. The van der Waals surface area contributed by atoms with E-state index in [0.717, 1.165) is 22.4 Å². The molecule has 5 rings (SSSR count). The Bertz CT molecular complexity index is 1570. The van der Waals surface area contributed by atoms with Crippen molar-refractivity contribution in [3.63, 3.8) is 0 Å². The average molecular weight is 536 g/mol. The third-order valence-electron chi connectivity index (χ3n) is 6.43. The number of thiophene rings is 1. The Kier molecular flexibility index (Phi) is 7.89. The molecule has 0 fully saturated rings. The summed E-state index contributed by atoms with van der Waals surface area (Å²) in [5.74, 6) is -1.41. The molecule has 1 aliphatic rings. The fourth-order valence-corrected chi connectivity index (χ4v) is 5.04. The zero-order valence-electron chi connectivity index (χ0n) is 21.0. The van der Waals surface area contributed by atoms with E-state index in [2.05, 4.69) is 17.4 Å². The van der Waals surface area contributed by atoms with Gasteiger partial charge in [-0.25, -0.2) is 0 Å². The molecule has 1 N–H and O–H groups in total. The van der Waals surface area contributed by atoms with Crippen molar-refractivity contribution < 1.29 is 23.9 Å². The molecule has 4 aromatic rings. The predicted molar refractivity (Wildman–Crippen MR) is 152 cm³/mol. The van der Waals surface area contributed by atoms with Crippen LogP contribution in [0.2, 0.25) is 0 Å². The Morgan fingerprint density at radius 2 is 1.59 bits per heavy atom. The van der Waals surface area contributed by atoms with Crippen LogP contribution in [0.3, 0.4) is 0 Å². The fraction of sp³-hybridized carbons (Fsp3) is 0.125. The highest BCUT2D eigenvalue weighted by Gasteiger charge is 2.20. The second kappa shape index (κ2) is 11.8. The van der Waals surface area contributed by atoms with Crippen molar-refractivity contribution in [1.29, 1.82) is 0 Å². The van der Waals surface area contributed by atoms with Gasteiger partial charge in [0, 0.05) is 28.1 Å². The summed E-state index contributed by atoms with van der Waals surface area (Å²) in [4.78, 5) is 50.3. The molecule has 0 unspecified atom stereocenters. The molecule has 6 nitrogen and oxygen atoms in total. The maximum Gasteiger partial charge on any atom is 0.306 e. The van der Waals surface area contributed by atoms with Crippen molar-refractivity contribution in [2.45, 2.75) is 19.3 Å². The van der Waals surface area contributed by atoms with E-state index in [4.69, 9.17) is 4.74 Å². The highest BCUT2D eigenvalue weighted by Crippen LogP contribution is 2.36. The van der Waals surface area contributed by atoms with E-state index in [1.165, 1.54) is 17.2 Å². The minimum Gasteiger partial charge on any atom is -0.457 e. The Morgan fingerprint density at radius 1 is 0.821 bits per heavy atom. The zero-order chi connectivity index (χ0) is 27.2. The van der Waals surface area contributed by atoms with Crippen LogP contribution in [0.25, 0.3) is 17.2 Å². The molecule has 39 heavy (non-hydrogen) atoms. The van der Waals surface area contributed by atoms with Crippen LogP contribution in [-0.4, -0.2) is 30.0 Å². The van der Waals surface area contributed by atoms with E-state index in [9.17, 15) is 19.2 Å². The Balaban J connectivity index is 1.05. The third kappa shape index (κ3) is 6.45. The highest BCUT2D eigenvalue weighted by molar-refractivity contribution is 7.10. The molecular weight excluding hydrogens is 510 g/mol. The fourth-order valence-electron chi connectivity index (χ4n) is 4.42. The van der Waals surface area contributed by atoms with Crippen LogP contribution in [0.15, 0.2) is 90.3 Å². The van der Waals surface area contributed by atoms with Crippen molar-refractivity contribution in [1.82, 2.24) is 0 Å². The molecule has 1 aliphatic carbocycles.